The molecule has 76 valence electrons. The highest BCUT2D eigenvalue weighted by molar-refractivity contribution is 9.10. The van der Waals surface area contributed by atoms with Gasteiger partial charge < -0.3 is 5.73 Å². The van der Waals surface area contributed by atoms with Gasteiger partial charge in [0.25, 0.3) is 0 Å². The van der Waals surface area contributed by atoms with Crippen LogP contribution in [0, 0.1) is 6.92 Å². The Labute approximate surface area is 93.8 Å². The molecule has 0 saturated heterocycles. The lowest BCUT2D eigenvalue weighted by Crippen LogP contribution is -2.14. The van der Waals surface area contributed by atoms with Crippen molar-refractivity contribution in [2.24, 2.45) is 5.73 Å². The average molecular weight is 254 g/mol. The molecule has 2 rings (SSSR count). The molecule has 14 heavy (non-hydrogen) atoms. The normalized spacial score (nSPS) is 18.2. The van der Waals surface area contributed by atoms with Crippen LogP contribution in [-0.4, -0.2) is 6.54 Å². The van der Waals surface area contributed by atoms with Crippen LogP contribution in [0.1, 0.15) is 30.4 Å². The van der Waals surface area contributed by atoms with Crippen molar-refractivity contribution < 1.29 is 0 Å². The molecule has 1 aliphatic rings. The lowest BCUT2D eigenvalue weighted by atomic mass is 9.91. The molecular formula is C12H16BrN. The molecule has 0 spiro atoms. The topological polar surface area (TPSA) is 26.0 Å². The maximum atomic E-state index is 5.66. The molecule has 0 atom stereocenters. The average Bonchev–Trinajstić information content (AvgIpc) is 2.91. The molecule has 0 unspecified atom stereocenters. The van der Waals surface area contributed by atoms with Crippen LogP contribution >= 0.6 is 15.9 Å². The Morgan fingerprint density at radius 1 is 1.43 bits per heavy atom. The van der Waals surface area contributed by atoms with E-state index in [1.807, 2.05) is 0 Å². The summed E-state index contributed by atoms with van der Waals surface area (Å²) in [4.78, 5) is 0. The van der Waals surface area contributed by atoms with Crippen molar-refractivity contribution in [3.8, 4) is 0 Å². The number of rotatable bonds is 3. The highest BCUT2D eigenvalue weighted by Gasteiger charge is 2.44. The van der Waals surface area contributed by atoms with Crippen molar-refractivity contribution in [2.45, 2.75) is 31.6 Å². The van der Waals surface area contributed by atoms with Crippen LogP contribution in [0.3, 0.4) is 0 Å². The molecule has 0 radical (unpaired) electrons. The SMILES string of the molecule is Cc1ccc(Br)c(C2(CCN)CC2)c1. The Morgan fingerprint density at radius 3 is 2.71 bits per heavy atom. The molecule has 1 saturated carbocycles. The summed E-state index contributed by atoms with van der Waals surface area (Å²) in [6, 6.07) is 6.60. The fraction of sp³-hybridized carbons (Fsp3) is 0.500. The second kappa shape index (κ2) is 3.67. The summed E-state index contributed by atoms with van der Waals surface area (Å²) in [6.07, 6.45) is 3.72. The maximum absolute atomic E-state index is 5.66. The van der Waals surface area contributed by atoms with Crippen LogP contribution in [0.25, 0.3) is 0 Å². The molecule has 1 aromatic rings. The van der Waals surface area contributed by atoms with E-state index in [-0.39, 0.29) is 0 Å². The molecule has 1 fully saturated rings. The van der Waals surface area contributed by atoms with Gasteiger partial charge in [0.1, 0.15) is 0 Å². The smallest absolute Gasteiger partial charge is 0.0213 e. The van der Waals surface area contributed by atoms with Crippen LogP contribution < -0.4 is 5.73 Å². The Bertz CT molecular complexity index is 342. The Hall–Kier alpha value is -0.340. The molecule has 1 aromatic carbocycles. The third-order valence-corrected chi connectivity index (χ3v) is 3.86. The third kappa shape index (κ3) is 1.73. The van der Waals surface area contributed by atoms with E-state index in [1.165, 1.54) is 28.4 Å². The Balaban J connectivity index is 2.35. The van der Waals surface area contributed by atoms with Gasteiger partial charge in [-0.25, -0.2) is 0 Å². The molecular weight excluding hydrogens is 238 g/mol. The summed E-state index contributed by atoms with van der Waals surface area (Å²) >= 11 is 3.64. The van der Waals surface area contributed by atoms with Crippen molar-refractivity contribution in [1.29, 1.82) is 0 Å². The number of hydrogen-bond acceptors (Lipinski definition) is 1. The fourth-order valence-corrected chi connectivity index (χ4v) is 2.79. The second-order valence-electron chi connectivity index (χ2n) is 4.30. The molecule has 0 aromatic heterocycles. The first-order valence-corrected chi connectivity index (χ1v) is 5.94. The quantitative estimate of drug-likeness (QED) is 0.881. The summed E-state index contributed by atoms with van der Waals surface area (Å²) in [7, 11) is 0. The minimum absolute atomic E-state index is 0.402. The zero-order valence-electron chi connectivity index (χ0n) is 8.52. The van der Waals surface area contributed by atoms with E-state index in [1.54, 1.807) is 0 Å². The van der Waals surface area contributed by atoms with Crippen molar-refractivity contribution >= 4 is 15.9 Å². The van der Waals surface area contributed by atoms with Gasteiger partial charge in [-0.05, 0) is 49.8 Å². The predicted molar refractivity (Wildman–Crippen MR) is 63.5 cm³/mol. The summed E-state index contributed by atoms with van der Waals surface area (Å²) in [5.74, 6) is 0. The molecule has 2 heteroatoms. The van der Waals surface area contributed by atoms with Crippen LogP contribution in [0.15, 0.2) is 22.7 Å². The van der Waals surface area contributed by atoms with Gasteiger partial charge in [0, 0.05) is 4.47 Å². The second-order valence-corrected chi connectivity index (χ2v) is 5.16. The predicted octanol–water partition coefficient (Wildman–Crippen LogP) is 3.14. The number of benzene rings is 1. The van der Waals surface area contributed by atoms with Gasteiger partial charge in [-0.2, -0.15) is 0 Å². The highest BCUT2D eigenvalue weighted by atomic mass is 79.9. The van der Waals surface area contributed by atoms with Crippen molar-refractivity contribution in [3.63, 3.8) is 0 Å². The Kier molecular flexibility index (Phi) is 2.67. The monoisotopic (exact) mass is 253 g/mol. The number of aryl methyl sites for hydroxylation is 1. The van der Waals surface area contributed by atoms with Gasteiger partial charge in [-0.15, -0.1) is 0 Å². The molecule has 0 amide bonds. The van der Waals surface area contributed by atoms with Crippen molar-refractivity contribution in [1.82, 2.24) is 0 Å². The van der Waals surface area contributed by atoms with Crippen LogP contribution in [-0.2, 0) is 5.41 Å². The van der Waals surface area contributed by atoms with E-state index in [0.29, 0.717) is 5.41 Å². The summed E-state index contributed by atoms with van der Waals surface area (Å²) < 4.78 is 1.24. The fourth-order valence-electron chi connectivity index (χ4n) is 2.13. The van der Waals surface area contributed by atoms with Gasteiger partial charge in [-0.1, -0.05) is 33.6 Å². The summed E-state index contributed by atoms with van der Waals surface area (Å²) in [5, 5.41) is 0. The molecule has 0 bridgehead atoms. The number of nitrogens with two attached hydrogens (primary N) is 1. The van der Waals surface area contributed by atoms with Gasteiger partial charge in [0.15, 0.2) is 0 Å². The van der Waals surface area contributed by atoms with Crippen molar-refractivity contribution in [3.05, 3.63) is 33.8 Å². The molecule has 0 heterocycles. The minimum Gasteiger partial charge on any atom is -0.330 e. The number of halogens is 1. The van der Waals surface area contributed by atoms with Gasteiger partial charge in [0.05, 0.1) is 0 Å². The number of hydrogen-bond donors (Lipinski definition) is 1. The molecule has 1 aliphatic carbocycles. The minimum atomic E-state index is 0.402. The van der Waals surface area contributed by atoms with Gasteiger partial charge in [0.2, 0.25) is 0 Å². The van der Waals surface area contributed by atoms with E-state index in [4.69, 9.17) is 5.73 Å². The van der Waals surface area contributed by atoms with Gasteiger partial charge in [-0.3, -0.25) is 0 Å². The van der Waals surface area contributed by atoms with E-state index in [0.717, 1.165) is 13.0 Å². The molecule has 0 aliphatic heterocycles. The first kappa shape index (κ1) is 10.2. The lowest BCUT2D eigenvalue weighted by Gasteiger charge is -2.17. The zero-order valence-corrected chi connectivity index (χ0v) is 10.1. The largest absolute Gasteiger partial charge is 0.330 e. The third-order valence-electron chi connectivity index (χ3n) is 3.17. The van der Waals surface area contributed by atoms with Crippen LogP contribution in [0.4, 0.5) is 0 Å². The first-order valence-electron chi connectivity index (χ1n) is 5.15. The van der Waals surface area contributed by atoms with Crippen LogP contribution in [0.2, 0.25) is 0 Å². The zero-order chi connectivity index (χ0) is 10.2. The summed E-state index contributed by atoms with van der Waals surface area (Å²) in [5.41, 5.74) is 8.87. The van der Waals surface area contributed by atoms with E-state index < -0.39 is 0 Å². The Morgan fingerprint density at radius 2 is 2.14 bits per heavy atom. The summed E-state index contributed by atoms with van der Waals surface area (Å²) in [6.45, 7) is 2.94. The molecule has 2 N–H and O–H groups in total. The van der Waals surface area contributed by atoms with E-state index in [2.05, 4.69) is 41.1 Å². The maximum Gasteiger partial charge on any atom is 0.0213 e. The van der Waals surface area contributed by atoms with Crippen molar-refractivity contribution in [2.75, 3.05) is 6.54 Å². The van der Waals surface area contributed by atoms with Gasteiger partial charge >= 0.3 is 0 Å². The van der Waals surface area contributed by atoms with Crippen LogP contribution in [0.5, 0.6) is 0 Å². The first-order chi connectivity index (χ1) is 6.68. The molecule has 1 nitrogen and oxygen atoms in total. The van der Waals surface area contributed by atoms with E-state index >= 15 is 0 Å². The standard InChI is InChI=1S/C12H16BrN/c1-9-2-3-11(13)10(8-9)12(4-5-12)6-7-14/h2-3,8H,4-7,14H2,1H3. The van der Waals surface area contributed by atoms with E-state index in [9.17, 15) is 0 Å². The lowest BCUT2D eigenvalue weighted by molar-refractivity contribution is 0.626. The highest BCUT2D eigenvalue weighted by Crippen LogP contribution is 2.52.